The first-order valence-corrected chi connectivity index (χ1v) is 8.87. The van der Waals surface area contributed by atoms with Gasteiger partial charge in [0.2, 0.25) is 0 Å². The first-order valence-electron chi connectivity index (χ1n) is 7.99. The minimum Gasteiger partial charge on any atom is -0.450 e. The topological polar surface area (TPSA) is 70.1 Å². The number of hydrogen-bond acceptors (Lipinski definition) is 5. The number of aromatic nitrogens is 1. The number of aliphatic imine (C=N–C) groups is 1. The summed E-state index contributed by atoms with van der Waals surface area (Å²) in [6, 6.07) is 0. The maximum absolute atomic E-state index is 11.8. The summed E-state index contributed by atoms with van der Waals surface area (Å²) in [6.45, 7) is 10.6. The van der Waals surface area contributed by atoms with Gasteiger partial charge in [0.25, 0.3) is 0 Å². The number of aryl methyl sites for hydroxylation is 1. The average molecular weight is 339 g/mol. The smallest absolute Gasteiger partial charge is 0.409 e. The van der Waals surface area contributed by atoms with Gasteiger partial charge < -0.3 is 19.9 Å². The van der Waals surface area contributed by atoms with E-state index in [1.807, 2.05) is 19.4 Å². The molecule has 0 aliphatic carbocycles. The fraction of sp³-hybridized carbons (Fsp3) is 0.667. The number of hydrogen-bond donors (Lipinski definition) is 1. The van der Waals surface area contributed by atoms with E-state index in [4.69, 9.17) is 9.73 Å². The normalized spacial score (nSPS) is 15.7. The highest BCUT2D eigenvalue weighted by Gasteiger charge is 2.23. The molecule has 1 fully saturated rings. The Bertz CT molecular complexity index is 538. The van der Waals surface area contributed by atoms with Gasteiger partial charge in [-0.05, 0) is 20.8 Å². The van der Waals surface area contributed by atoms with Crippen LogP contribution in [0.25, 0.3) is 0 Å². The third-order valence-corrected chi connectivity index (χ3v) is 4.58. The summed E-state index contributed by atoms with van der Waals surface area (Å²) in [5, 5.41) is 3.33. The molecule has 0 saturated carbocycles. The molecule has 0 radical (unpaired) electrons. The Labute approximate surface area is 141 Å². The van der Waals surface area contributed by atoms with Crippen LogP contribution in [0.4, 0.5) is 4.79 Å². The summed E-state index contributed by atoms with van der Waals surface area (Å²) in [7, 11) is 0. The van der Waals surface area contributed by atoms with Crippen molar-refractivity contribution in [1.82, 2.24) is 20.1 Å². The van der Waals surface area contributed by atoms with Gasteiger partial charge in [0.05, 0.1) is 24.4 Å². The molecule has 1 aliphatic heterocycles. The predicted molar refractivity (Wildman–Crippen MR) is 91.8 cm³/mol. The van der Waals surface area contributed by atoms with Crippen LogP contribution in [0.3, 0.4) is 0 Å². The summed E-state index contributed by atoms with van der Waals surface area (Å²) < 4.78 is 5.05. The van der Waals surface area contributed by atoms with E-state index in [2.05, 4.69) is 22.1 Å². The van der Waals surface area contributed by atoms with Crippen molar-refractivity contribution < 1.29 is 9.53 Å². The molecule has 2 heterocycles. The van der Waals surface area contributed by atoms with Crippen LogP contribution in [0.5, 0.6) is 0 Å². The fourth-order valence-corrected chi connectivity index (χ4v) is 3.07. The Morgan fingerprint density at radius 3 is 2.61 bits per heavy atom. The highest BCUT2D eigenvalue weighted by atomic mass is 32.1. The third-order valence-electron chi connectivity index (χ3n) is 3.66. The van der Waals surface area contributed by atoms with Crippen molar-refractivity contribution in [1.29, 1.82) is 0 Å². The van der Waals surface area contributed by atoms with Crippen LogP contribution in [0, 0.1) is 6.92 Å². The lowest BCUT2D eigenvalue weighted by Gasteiger charge is -2.35. The van der Waals surface area contributed by atoms with E-state index in [0.29, 0.717) is 26.2 Å². The lowest BCUT2D eigenvalue weighted by molar-refractivity contribution is 0.0914. The highest BCUT2D eigenvalue weighted by Crippen LogP contribution is 2.13. The second-order valence-electron chi connectivity index (χ2n) is 5.20. The number of thiazole rings is 1. The number of nitrogens with zero attached hydrogens (tertiary/aromatic N) is 4. The summed E-state index contributed by atoms with van der Waals surface area (Å²) in [5.74, 6) is 0.892. The van der Waals surface area contributed by atoms with Crippen LogP contribution in [0.1, 0.15) is 24.4 Å². The quantitative estimate of drug-likeness (QED) is 0.668. The van der Waals surface area contributed by atoms with Crippen molar-refractivity contribution in [3.63, 3.8) is 0 Å². The van der Waals surface area contributed by atoms with Crippen molar-refractivity contribution in [2.45, 2.75) is 27.3 Å². The number of ether oxygens (including phenoxy) is 1. The van der Waals surface area contributed by atoms with Crippen LogP contribution in [-0.4, -0.2) is 66.2 Å². The van der Waals surface area contributed by atoms with Crippen molar-refractivity contribution in [3.8, 4) is 0 Å². The Morgan fingerprint density at radius 1 is 1.35 bits per heavy atom. The molecule has 0 atom stereocenters. The van der Waals surface area contributed by atoms with Crippen LogP contribution in [0.15, 0.2) is 10.5 Å². The number of piperazine rings is 1. The van der Waals surface area contributed by atoms with Crippen molar-refractivity contribution in [2.75, 3.05) is 39.3 Å². The first kappa shape index (κ1) is 17.5. The van der Waals surface area contributed by atoms with Gasteiger partial charge in [0.15, 0.2) is 5.96 Å². The molecule has 1 aromatic heterocycles. The van der Waals surface area contributed by atoms with E-state index in [0.717, 1.165) is 31.3 Å². The average Bonchev–Trinajstić information content (AvgIpc) is 2.97. The van der Waals surface area contributed by atoms with E-state index in [9.17, 15) is 4.79 Å². The van der Waals surface area contributed by atoms with Crippen LogP contribution in [-0.2, 0) is 11.3 Å². The van der Waals surface area contributed by atoms with E-state index >= 15 is 0 Å². The van der Waals surface area contributed by atoms with Gasteiger partial charge in [-0.1, -0.05) is 0 Å². The molecule has 128 valence electrons. The Hall–Kier alpha value is -1.83. The fourth-order valence-electron chi connectivity index (χ4n) is 2.37. The van der Waals surface area contributed by atoms with Gasteiger partial charge >= 0.3 is 6.09 Å². The molecule has 0 spiro atoms. The van der Waals surface area contributed by atoms with E-state index < -0.39 is 0 Å². The maximum Gasteiger partial charge on any atom is 0.409 e. The summed E-state index contributed by atoms with van der Waals surface area (Å²) in [6.07, 6.45) is -0.227. The second kappa shape index (κ2) is 8.71. The van der Waals surface area contributed by atoms with Crippen LogP contribution < -0.4 is 5.32 Å². The molecule has 2 rings (SSSR count). The van der Waals surface area contributed by atoms with Gasteiger partial charge in [-0.15, -0.1) is 11.3 Å². The van der Waals surface area contributed by atoms with Crippen molar-refractivity contribution in [3.05, 3.63) is 16.1 Å². The van der Waals surface area contributed by atoms with Crippen LogP contribution in [0.2, 0.25) is 0 Å². The monoisotopic (exact) mass is 339 g/mol. The number of carbonyl (C=O) groups excluding carboxylic acids is 1. The van der Waals surface area contributed by atoms with Gasteiger partial charge in [-0.25, -0.2) is 14.8 Å². The summed E-state index contributed by atoms with van der Waals surface area (Å²) in [4.78, 5) is 25.8. The Morgan fingerprint density at radius 2 is 2.04 bits per heavy atom. The second-order valence-corrected chi connectivity index (χ2v) is 6.14. The number of amides is 1. The lowest BCUT2D eigenvalue weighted by Crippen LogP contribution is -2.53. The van der Waals surface area contributed by atoms with Crippen molar-refractivity contribution in [2.24, 2.45) is 4.99 Å². The summed E-state index contributed by atoms with van der Waals surface area (Å²) in [5.41, 5.74) is 2.90. The molecule has 7 nitrogen and oxygen atoms in total. The molecule has 0 aromatic carbocycles. The highest BCUT2D eigenvalue weighted by molar-refractivity contribution is 7.09. The SMILES string of the molecule is CCNC(=NCc1scnc1C)N1CCN(C(=O)OCC)CC1. The predicted octanol–water partition coefficient (Wildman–Crippen LogP) is 1.69. The third kappa shape index (κ3) is 4.82. The molecule has 0 bridgehead atoms. The zero-order valence-corrected chi connectivity index (χ0v) is 14.9. The molecular formula is C15H25N5O2S. The number of carbonyl (C=O) groups is 1. The number of rotatable bonds is 4. The molecule has 8 heteroatoms. The minimum absolute atomic E-state index is 0.227. The largest absolute Gasteiger partial charge is 0.450 e. The standard InChI is InChI=1S/C15H25N5O2S/c1-4-16-14(17-10-13-12(3)18-11-23-13)19-6-8-20(9-7-19)15(21)22-5-2/h11H,4-10H2,1-3H3,(H,16,17). The molecule has 1 aromatic rings. The molecule has 0 unspecified atom stereocenters. The first-order chi connectivity index (χ1) is 11.2. The van der Waals surface area contributed by atoms with Gasteiger partial charge in [-0.2, -0.15) is 0 Å². The molecule has 1 N–H and O–H groups in total. The zero-order valence-electron chi connectivity index (χ0n) is 14.0. The Kier molecular flexibility index (Phi) is 6.64. The van der Waals surface area contributed by atoms with E-state index in [1.165, 1.54) is 4.88 Å². The molecule has 1 saturated heterocycles. The molecule has 23 heavy (non-hydrogen) atoms. The molecular weight excluding hydrogens is 314 g/mol. The van der Waals surface area contributed by atoms with Gasteiger partial charge in [-0.3, -0.25) is 0 Å². The number of nitrogens with one attached hydrogen (secondary N) is 1. The lowest BCUT2D eigenvalue weighted by atomic mass is 10.3. The molecule has 1 amide bonds. The summed E-state index contributed by atoms with van der Waals surface area (Å²) >= 11 is 1.63. The minimum atomic E-state index is -0.227. The van der Waals surface area contributed by atoms with Gasteiger partial charge in [0, 0.05) is 37.6 Å². The van der Waals surface area contributed by atoms with Gasteiger partial charge in [0.1, 0.15) is 0 Å². The molecule has 1 aliphatic rings. The van der Waals surface area contributed by atoms with Crippen LogP contribution >= 0.6 is 11.3 Å². The van der Waals surface area contributed by atoms with E-state index in [1.54, 1.807) is 16.2 Å². The Balaban J connectivity index is 1.94. The van der Waals surface area contributed by atoms with E-state index in [-0.39, 0.29) is 6.09 Å². The zero-order chi connectivity index (χ0) is 16.7. The number of guanidine groups is 1. The van der Waals surface area contributed by atoms with Crippen molar-refractivity contribution >= 4 is 23.4 Å². The maximum atomic E-state index is 11.8.